The molecule has 1 amide bonds. The van der Waals surface area contributed by atoms with Gasteiger partial charge >= 0.3 is 0 Å². The van der Waals surface area contributed by atoms with Gasteiger partial charge in [-0.25, -0.2) is 4.98 Å². The fraction of sp³-hybridized carbons (Fsp3) is 0.130. The Kier molecular flexibility index (Phi) is 4.97. The van der Waals surface area contributed by atoms with Crippen molar-refractivity contribution in [3.05, 3.63) is 102 Å². The molecule has 2 N–H and O–H groups in total. The standard InChI is InChI=1S/C23H21N3O/c27-23(19-11-12-21-22(15-19)26-16-25-21)24-14-13-20(17-7-3-1-4-8-17)18-9-5-2-6-10-18/h1-12,15-16,20H,13-14H2,(H,24,27)(H,25,26). The summed E-state index contributed by atoms with van der Waals surface area (Å²) >= 11 is 0. The van der Waals surface area contributed by atoms with Gasteiger partial charge in [-0.05, 0) is 35.7 Å². The number of H-pyrrole nitrogens is 1. The number of imidazole rings is 1. The minimum Gasteiger partial charge on any atom is -0.352 e. The molecule has 0 aliphatic heterocycles. The highest BCUT2D eigenvalue weighted by Gasteiger charge is 2.14. The van der Waals surface area contributed by atoms with Crippen molar-refractivity contribution in [3.63, 3.8) is 0 Å². The third kappa shape index (κ3) is 3.90. The number of nitrogens with zero attached hydrogens (tertiary/aromatic N) is 1. The second-order valence-electron chi connectivity index (χ2n) is 6.55. The maximum Gasteiger partial charge on any atom is 0.251 e. The number of benzene rings is 3. The second-order valence-corrected chi connectivity index (χ2v) is 6.55. The molecule has 4 aromatic rings. The van der Waals surface area contributed by atoms with E-state index in [-0.39, 0.29) is 11.8 Å². The number of hydrogen-bond donors (Lipinski definition) is 2. The zero-order chi connectivity index (χ0) is 18.5. The molecular weight excluding hydrogens is 334 g/mol. The molecule has 4 rings (SSSR count). The Labute approximate surface area is 158 Å². The molecule has 134 valence electrons. The van der Waals surface area contributed by atoms with Crippen molar-refractivity contribution in [1.82, 2.24) is 15.3 Å². The molecule has 1 heterocycles. The molecule has 0 atom stereocenters. The largest absolute Gasteiger partial charge is 0.352 e. The van der Waals surface area contributed by atoms with Crippen molar-refractivity contribution in [2.75, 3.05) is 6.54 Å². The van der Waals surface area contributed by atoms with Crippen molar-refractivity contribution in [2.24, 2.45) is 0 Å². The average Bonchev–Trinajstić information content (AvgIpc) is 3.20. The first kappa shape index (κ1) is 17.0. The zero-order valence-electron chi connectivity index (χ0n) is 14.9. The van der Waals surface area contributed by atoms with Crippen molar-refractivity contribution in [1.29, 1.82) is 0 Å². The van der Waals surface area contributed by atoms with Gasteiger partial charge in [0.25, 0.3) is 5.91 Å². The number of amides is 1. The summed E-state index contributed by atoms with van der Waals surface area (Å²) in [4.78, 5) is 19.7. The third-order valence-electron chi connectivity index (χ3n) is 4.80. The first-order valence-corrected chi connectivity index (χ1v) is 9.12. The Morgan fingerprint density at radius 3 is 2.26 bits per heavy atom. The molecule has 3 aromatic carbocycles. The van der Waals surface area contributed by atoms with Crippen LogP contribution < -0.4 is 5.32 Å². The Hall–Kier alpha value is -3.40. The highest BCUT2D eigenvalue weighted by atomic mass is 16.1. The van der Waals surface area contributed by atoms with E-state index in [0.717, 1.165) is 17.5 Å². The zero-order valence-corrected chi connectivity index (χ0v) is 14.9. The average molecular weight is 355 g/mol. The van der Waals surface area contributed by atoms with E-state index in [1.165, 1.54) is 11.1 Å². The monoisotopic (exact) mass is 355 g/mol. The number of fused-ring (bicyclic) bond motifs is 1. The summed E-state index contributed by atoms with van der Waals surface area (Å²) in [6, 6.07) is 26.4. The van der Waals surface area contributed by atoms with Gasteiger partial charge in [-0.1, -0.05) is 60.7 Å². The van der Waals surface area contributed by atoms with Crippen LogP contribution in [0.5, 0.6) is 0 Å². The molecule has 4 nitrogen and oxygen atoms in total. The first-order valence-electron chi connectivity index (χ1n) is 9.12. The summed E-state index contributed by atoms with van der Waals surface area (Å²) in [6.07, 6.45) is 2.47. The first-order chi connectivity index (χ1) is 13.3. The second kappa shape index (κ2) is 7.87. The van der Waals surface area contributed by atoms with E-state index in [4.69, 9.17) is 0 Å². The fourth-order valence-electron chi connectivity index (χ4n) is 3.41. The van der Waals surface area contributed by atoms with Crippen LogP contribution in [0.3, 0.4) is 0 Å². The number of hydrogen-bond acceptors (Lipinski definition) is 2. The molecule has 0 unspecified atom stereocenters. The number of nitrogens with one attached hydrogen (secondary N) is 2. The maximum atomic E-state index is 12.5. The molecule has 0 spiro atoms. The van der Waals surface area contributed by atoms with Gasteiger partial charge in [0.2, 0.25) is 0 Å². The van der Waals surface area contributed by atoms with Crippen LogP contribution in [0.15, 0.2) is 85.2 Å². The van der Waals surface area contributed by atoms with Crippen LogP contribution in [-0.4, -0.2) is 22.4 Å². The lowest BCUT2D eigenvalue weighted by Crippen LogP contribution is -2.25. The van der Waals surface area contributed by atoms with E-state index < -0.39 is 0 Å². The van der Waals surface area contributed by atoms with Crippen LogP contribution in [0.4, 0.5) is 0 Å². The van der Waals surface area contributed by atoms with Crippen LogP contribution >= 0.6 is 0 Å². The van der Waals surface area contributed by atoms with E-state index in [1.54, 1.807) is 6.33 Å². The predicted octanol–water partition coefficient (Wildman–Crippen LogP) is 4.51. The topological polar surface area (TPSA) is 57.8 Å². The van der Waals surface area contributed by atoms with Gasteiger partial charge in [-0.15, -0.1) is 0 Å². The van der Waals surface area contributed by atoms with Crippen LogP contribution in [0.25, 0.3) is 11.0 Å². The Morgan fingerprint density at radius 1 is 0.926 bits per heavy atom. The molecule has 4 heteroatoms. The minimum absolute atomic E-state index is 0.0635. The molecule has 0 bridgehead atoms. The Morgan fingerprint density at radius 2 is 1.59 bits per heavy atom. The highest BCUT2D eigenvalue weighted by Crippen LogP contribution is 2.27. The third-order valence-corrected chi connectivity index (χ3v) is 4.80. The minimum atomic E-state index is -0.0635. The van der Waals surface area contributed by atoms with Crippen molar-refractivity contribution >= 4 is 16.9 Å². The molecule has 27 heavy (non-hydrogen) atoms. The van der Waals surface area contributed by atoms with E-state index in [1.807, 2.05) is 30.3 Å². The number of aromatic nitrogens is 2. The molecule has 1 aromatic heterocycles. The van der Waals surface area contributed by atoms with Crippen molar-refractivity contribution in [2.45, 2.75) is 12.3 Å². The van der Waals surface area contributed by atoms with Gasteiger partial charge in [0, 0.05) is 18.0 Å². The lowest BCUT2D eigenvalue weighted by molar-refractivity contribution is 0.0953. The van der Waals surface area contributed by atoms with Crippen LogP contribution in [0, 0.1) is 0 Å². The van der Waals surface area contributed by atoms with Gasteiger partial charge in [-0.2, -0.15) is 0 Å². The predicted molar refractivity (Wildman–Crippen MR) is 108 cm³/mol. The summed E-state index contributed by atoms with van der Waals surface area (Å²) in [5, 5.41) is 3.05. The molecular formula is C23H21N3O. The van der Waals surface area contributed by atoms with Crippen molar-refractivity contribution in [3.8, 4) is 0 Å². The van der Waals surface area contributed by atoms with Crippen LogP contribution in [-0.2, 0) is 0 Å². The van der Waals surface area contributed by atoms with Gasteiger partial charge in [-0.3, -0.25) is 4.79 Å². The van der Waals surface area contributed by atoms with Gasteiger partial charge < -0.3 is 10.3 Å². The molecule has 0 aliphatic carbocycles. The Balaban J connectivity index is 1.45. The summed E-state index contributed by atoms with van der Waals surface area (Å²) in [5.41, 5.74) is 4.89. The normalized spacial score (nSPS) is 11.0. The molecule has 0 aliphatic rings. The van der Waals surface area contributed by atoms with Gasteiger partial charge in [0.1, 0.15) is 0 Å². The van der Waals surface area contributed by atoms with Crippen LogP contribution in [0.1, 0.15) is 33.8 Å². The SMILES string of the molecule is O=C(NCCC(c1ccccc1)c1ccccc1)c1ccc2nc[nH]c2c1. The van der Waals surface area contributed by atoms with E-state index >= 15 is 0 Å². The summed E-state index contributed by atoms with van der Waals surface area (Å²) in [5.74, 6) is 0.189. The Bertz CT molecular complexity index is 986. The van der Waals surface area contributed by atoms with E-state index in [9.17, 15) is 4.79 Å². The fourth-order valence-corrected chi connectivity index (χ4v) is 3.41. The number of carbonyl (C=O) groups is 1. The van der Waals surface area contributed by atoms with Crippen LogP contribution in [0.2, 0.25) is 0 Å². The molecule has 0 radical (unpaired) electrons. The van der Waals surface area contributed by atoms with Gasteiger partial charge in [0.15, 0.2) is 0 Å². The number of rotatable bonds is 6. The van der Waals surface area contributed by atoms with Gasteiger partial charge in [0.05, 0.1) is 17.4 Å². The lowest BCUT2D eigenvalue weighted by Gasteiger charge is -2.18. The molecule has 0 saturated carbocycles. The summed E-state index contributed by atoms with van der Waals surface area (Å²) < 4.78 is 0. The quantitative estimate of drug-likeness (QED) is 0.534. The maximum absolute atomic E-state index is 12.5. The smallest absolute Gasteiger partial charge is 0.251 e. The summed E-state index contributed by atoms with van der Waals surface area (Å²) in [7, 11) is 0. The summed E-state index contributed by atoms with van der Waals surface area (Å²) in [6.45, 7) is 0.605. The number of carbonyl (C=O) groups excluding carboxylic acids is 1. The molecule has 0 fully saturated rings. The highest BCUT2D eigenvalue weighted by molar-refractivity contribution is 5.97. The lowest BCUT2D eigenvalue weighted by atomic mass is 9.88. The number of aromatic amines is 1. The van der Waals surface area contributed by atoms with E-state index in [0.29, 0.717) is 12.1 Å². The van der Waals surface area contributed by atoms with Crippen molar-refractivity contribution < 1.29 is 4.79 Å². The van der Waals surface area contributed by atoms with E-state index in [2.05, 4.69) is 63.8 Å². The molecule has 0 saturated heterocycles.